The molecule has 13 amide bonds. The number of hydrogen-bond donors (Lipinski definition) is 34. The zero-order chi connectivity index (χ0) is 99.5. The van der Waals surface area contributed by atoms with E-state index in [2.05, 4.69) is 95.4 Å². The predicted molar refractivity (Wildman–Crippen MR) is 505 cm³/mol. The lowest BCUT2D eigenvalue weighted by Crippen LogP contribution is -2.61. The minimum absolute atomic E-state index is 0.00777. The number of unbranched alkanes of at least 4 members (excludes halogenated alkanes) is 3. The number of aromatic hydroxyl groups is 2. The number of carbonyl (C=O) groups is 15. The Kier molecular flexibility index (Phi) is 50.3. The van der Waals surface area contributed by atoms with Crippen molar-refractivity contribution in [1.29, 1.82) is 21.6 Å². The molecule has 51 heteroatoms. The number of carbonyl (C=O) groups excluding carboxylic acids is 13. The maximum atomic E-state index is 15.9. The summed E-state index contributed by atoms with van der Waals surface area (Å²) in [7, 11) is 1.47. The van der Waals surface area contributed by atoms with Crippen LogP contribution in [0, 0.1) is 21.6 Å². The minimum Gasteiger partial charge on any atom is -0.508 e. The summed E-state index contributed by atoms with van der Waals surface area (Å²) in [6.07, 6.45) is -0.748. The first kappa shape index (κ1) is 112. The van der Waals surface area contributed by atoms with E-state index in [9.17, 15) is 63.6 Å². The minimum atomic E-state index is -1.89. The number of benzene rings is 3. The molecule has 13 atom stereocenters. The molecule has 0 unspecified atom stereocenters. The second-order valence-corrected chi connectivity index (χ2v) is 34.6. The monoisotopic (exact) mass is 1930 g/mol. The third kappa shape index (κ3) is 42.9. The molecule has 0 spiro atoms. The van der Waals surface area contributed by atoms with Gasteiger partial charge in [-0.1, -0.05) is 64.1 Å². The van der Waals surface area contributed by atoms with E-state index in [0.29, 0.717) is 34.9 Å². The molecule has 1 saturated heterocycles. The van der Waals surface area contributed by atoms with Crippen LogP contribution < -0.4 is 136 Å². The standard InChI is InChI=1S/C84H132N30O19S2/c85-32-6-3-16-54-69(121)102-43-66(117)103-61(39-46-22-26-49(115)27-23-46)75(127)109-59(30-31-67(118)119)74(126)107-56(18-5-8-34-87)73(125)113-64(78(130)110-60(80(132)133)21-12-38-100-84(95)96)44-134-135-45-65(79(131)111-62(40-47-24-28-50(116)29-25-47)76(128)108-58(20-11-37-99-83(93)94)71(123)106-55(70(122)105-54)17-4-7-33-86)114-77(129)63(41-48-42-101-53-15-2-1-13-51(48)53)112-72(124)57(19-10-36-98-82(91)92)104-68(120)52(88)14-9-35-97-81(89)90/h1-2,13,15,22-29,42,52,54-65,101,115-116H,3-12,14,16-21,30-41,43-45,85-88H2,(H,102,121)(H,103,117)(H,104,120)(H,105,122)(H,106,123)(H,107,126)(H,108,128)(H,109,127)(H,110,130)(H,111,131)(H,112,124)(H,113,125)(H,114,129)(H,118,119)(H,132,133)(H4,89,90,97)(H4,91,92,98)(H4,93,94,99)(H4,95,96,100)/t52-,54-,55-,56-,57-,58-,59-,60-,61-,62-,63-,64-,65-/m0/s1. The van der Waals surface area contributed by atoms with Crippen LogP contribution in [-0.2, 0) is 91.2 Å². The van der Waals surface area contributed by atoms with Gasteiger partial charge in [-0.3, -0.25) is 88.8 Å². The van der Waals surface area contributed by atoms with E-state index in [4.69, 9.17) is 67.5 Å². The maximum absolute atomic E-state index is 15.9. The molecule has 1 aliphatic rings. The molecule has 135 heavy (non-hydrogen) atoms. The summed E-state index contributed by atoms with van der Waals surface area (Å²) in [5.41, 5.74) is 47.8. The highest BCUT2D eigenvalue weighted by atomic mass is 33.1. The highest BCUT2D eigenvalue weighted by Crippen LogP contribution is 2.26. The van der Waals surface area contributed by atoms with Crippen molar-refractivity contribution in [3.8, 4) is 11.5 Å². The van der Waals surface area contributed by atoms with E-state index in [-0.39, 0.29) is 178 Å². The summed E-state index contributed by atoms with van der Waals surface area (Å²) in [4.78, 5) is 223. The van der Waals surface area contributed by atoms with Crippen molar-refractivity contribution in [2.24, 2.45) is 45.9 Å². The Morgan fingerprint density at radius 3 is 1.33 bits per heavy atom. The highest BCUT2D eigenvalue weighted by molar-refractivity contribution is 8.76. The summed E-state index contributed by atoms with van der Waals surface area (Å²) in [6.45, 7) is -0.519. The summed E-state index contributed by atoms with van der Waals surface area (Å²) < 4.78 is 0. The molecule has 3 aromatic carbocycles. The van der Waals surface area contributed by atoms with Crippen LogP contribution in [0.2, 0.25) is 0 Å². The van der Waals surface area contributed by atoms with Crippen LogP contribution >= 0.6 is 21.6 Å². The molecule has 0 bridgehead atoms. The van der Waals surface area contributed by atoms with Crippen LogP contribution in [0.25, 0.3) is 10.9 Å². The number of hydrogen-bond acceptors (Lipinski definition) is 27. The normalized spacial score (nSPS) is 19.8. The first-order chi connectivity index (χ1) is 64.4. The molecule has 49 nitrogen and oxygen atoms in total. The number of fused-ring (bicyclic) bond motifs is 1. The fraction of sp³-hybridized carbons (Fsp3) is 0.536. The lowest BCUT2D eigenvalue weighted by molar-refractivity contribution is -0.142. The van der Waals surface area contributed by atoms with E-state index in [1.165, 1.54) is 48.5 Å². The smallest absolute Gasteiger partial charge is 0.326 e. The molecule has 4 aromatic rings. The van der Waals surface area contributed by atoms with Gasteiger partial charge in [0.2, 0.25) is 76.8 Å². The number of aromatic nitrogens is 1. The SMILES string of the molecule is N=C(N)NCCC[C@H](NC(=O)[C@@H]1CSSC[C@H](NC(=O)[C@H](Cc2c[nH]c3ccccc23)NC(=O)[C@H](CCCNC(=N)N)NC(=O)[C@@H](N)CCCNC(=N)N)C(=O)N[C@@H](Cc2ccc(O)cc2)C(=O)N[C@@H](CCCNC(=N)N)C(=O)N[C@@H](CCCCN)C(=O)N[C@@H](CCCCN)C(=O)NCC(=O)N[C@@H](Cc2ccc(O)cc2)C(=O)N[C@@H](CCC(=O)O)C(=O)N[C@@H](CCCCN)C(=O)N1)C(=O)O. The summed E-state index contributed by atoms with van der Waals surface area (Å²) in [5.74, 6) is -20.0. The van der Waals surface area contributed by atoms with Gasteiger partial charge in [0.15, 0.2) is 23.8 Å². The topological polar surface area (TPSA) is 861 Å². The second kappa shape index (κ2) is 60.6. The molecule has 0 saturated carbocycles. The fourth-order valence-corrected chi connectivity index (χ4v) is 16.2. The van der Waals surface area contributed by atoms with Gasteiger partial charge in [-0.15, -0.1) is 0 Å². The average molecular weight is 1930 g/mol. The number of amides is 13. The Labute approximate surface area is 787 Å². The molecular weight excluding hydrogens is 1800 g/mol. The number of phenolic OH excluding ortho intramolecular Hbond substituents is 2. The van der Waals surface area contributed by atoms with Crippen molar-refractivity contribution >= 4 is 145 Å². The third-order valence-electron chi connectivity index (χ3n) is 21.2. The van der Waals surface area contributed by atoms with E-state index >= 15 is 28.8 Å². The summed E-state index contributed by atoms with van der Waals surface area (Å²) in [5, 5.41) is 117. The highest BCUT2D eigenvalue weighted by Gasteiger charge is 2.39. The van der Waals surface area contributed by atoms with Crippen molar-refractivity contribution in [2.45, 2.75) is 220 Å². The number of para-hydroxylation sites is 1. The zero-order valence-corrected chi connectivity index (χ0v) is 76.6. The van der Waals surface area contributed by atoms with Gasteiger partial charge < -0.3 is 162 Å². The van der Waals surface area contributed by atoms with E-state index in [1.54, 1.807) is 30.5 Å². The summed E-state index contributed by atoms with van der Waals surface area (Å²) >= 11 is 0. The van der Waals surface area contributed by atoms with Crippen molar-refractivity contribution in [3.05, 3.63) is 95.7 Å². The Bertz CT molecular complexity index is 4630. The first-order valence-corrected chi connectivity index (χ1v) is 46.8. The number of aromatic amines is 1. The fourth-order valence-electron chi connectivity index (χ4n) is 13.9. The predicted octanol–water partition coefficient (Wildman–Crippen LogP) is -6.35. The Morgan fingerprint density at radius 1 is 0.437 bits per heavy atom. The Balaban J connectivity index is 1.80. The van der Waals surface area contributed by atoms with E-state index in [0.717, 1.165) is 21.6 Å². The molecule has 1 fully saturated rings. The molecule has 0 radical (unpaired) electrons. The maximum Gasteiger partial charge on any atom is 0.326 e. The number of carboxylic acid groups (broad SMARTS) is 2. The number of carboxylic acids is 2. The van der Waals surface area contributed by atoms with Crippen molar-refractivity contribution in [1.82, 2.24) is 95.4 Å². The molecule has 0 aliphatic carbocycles. The molecule has 1 aromatic heterocycles. The second-order valence-electron chi connectivity index (χ2n) is 32.0. The first-order valence-electron chi connectivity index (χ1n) is 44.3. The lowest BCUT2D eigenvalue weighted by atomic mass is 10.0. The Hall–Kier alpha value is -13.5. The number of H-pyrrole nitrogens is 1. The van der Waals surface area contributed by atoms with Crippen LogP contribution in [-0.4, -0.2) is 280 Å². The Morgan fingerprint density at radius 2 is 0.852 bits per heavy atom. The van der Waals surface area contributed by atoms with Gasteiger partial charge in [0.25, 0.3) is 0 Å². The molecule has 42 N–H and O–H groups in total. The van der Waals surface area contributed by atoms with Crippen molar-refractivity contribution < 1.29 is 92.3 Å². The van der Waals surface area contributed by atoms with Gasteiger partial charge in [0.05, 0.1) is 12.6 Å². The quantitative estimate of drug-likeness (QED) is 0.00847. The van der Waals surface area contributed by atoms with Crippen molar-refractivity contribution in [2.75, 3.05) is 63.9 Å². The number of guanidine groups is 4. The van der Waals surface area contributed by atoms with Gasteiger partial charge in [-0.05, 0) is 182 Å². The summed E-state index contributed by atoms with van der Waals surface area (Å²) in [6, 6.07) is -3.96. The van der Waals surface area contributed by atoms with Gasteiger partial charge in [-0.2, -0.15) is 0 Å². The van der Waals surface area contributed by atoms with Gasteiger partial charge in [0.1, 0.15) is 84.0 Å². The molecule has 1 aliphatic heterocycles. The zero-order valence-electron chi connectivity index (χ0n) is 75.0. The average Bonchev–Trinajstić information content (AvgIpc) is 1.69. The van der Waals surface area contributed by atoms with Crippen LogP contribution in [0.15, 0.2) is 79.0 Å². The number of nitrogens with one attached hydrogen (secondary N) is 22. The van der Waals surface area contributed by atoms with E-state index in [1.807, 2.05) is 0 Å². The van der Waals surface area contributed by atoms with Crippen molar-refractivity contribution in [3.63, 3.8) is 0 Å². The van der Waals surface area contributed by atoms with Crippen LogP contribution in [0.3, 0.4) is 0 Å². The van der Waals surface area contributed by atoms with Gasteiger partial charge in [0, 0.05) is 80.5 Å². The lowest BCUT2D eigenvalue weighted by Gasteiger charge is -2.28. The van der Waals surface area contributed by atoms with Crippen LogP contribution in [0.1, 0.15) is 139 Å². The van der Waals surface area contributed by atoms with E-state index < -0.39 is 222 Å². The number of aliphatic carboxylic acids is 2. The third-order valence-corrected chi connectivity index (χ3v) is 23.6. The number of rotatable bonds is 46. The molecule has 744 valence electrons. The number of nitrogens with two attached hydrogens (primary N) is 8. The largest absolute Gasteiger partial charge is 0.508 e. The van der Waals surface area contributed by atoms with Gasteiger partial charge in [-0.25, -0.2) is 4.79 Å². The molecule has 2 heterocycles. The van der Waals surface area contributed by atoms with Crippen LogP contribution in [0.5, 0.6) is 11.5 Å². The number of phenols is 2. The van der Waals surface area contributed by atoms with Crippen LogP contribution in [0.4, 0.5) is 0 Å². The van der Waals surface area contributed by atoms with Gasteiger partial charge >= 0.3 is 11.9 Å². The molecule has 5 rings (SSSR count). The molecular formula is C84H132N30O19S2.